The van der Waals surface area contributed by atoms with Crippen LogP contribution in [-0.2, 0) is 4.79 Å². The second-order valence-electron chi connectivity index (χ2n) is 5.65. The van der Waals surface area contributed by atoms with Crippen molar-refractivity contribution in [2.75, 3.05) is 5.32 Å². The van der Waals surface area contributed by atoms with E-state index in [2.05, 4.69) is 15.8 Å². The van der Waals surface area contributed by atoms with E-state index in [0.29, 0.717) is 5.56 Å². The Bertz CT molecular complexity index is 918. The molecule has 126 valence electrons. The maximum atomic E-state index is 13.5. The third-order valence-electron chi connectivity index (χ3n) is 3.84. The van der Waals surface area contributed by atoms with Gasteiger partial charge in [0.1, 0.15) is 11.9 Å². The summed E-state index contributed by atoms with van der Waals surface area (Å²) in [7, 11) is 0. The molecule has 0 aliphatic rings. The minimum Gasteiger partial charge on any atom is -0.373 e. The lowest BCUT2D eigenvalue weighted by Gasteiger charge is -2.15. The summed E-state index contributed by atoms with van der Waals surface area (Å²) in [5.41, 5.74) is 3.62. The molecule has 0 aliphatic carbocycles. The first kappa shape index (κ1) is 16.6. The van der Waals surface area contributed by atoms with Crippen molar-refractivity contribution in [3.05, 3.63) is 78.1 Å². The molecule has 1 atom stereocenters. The minimum atomic E-state index is -0.497. The van der Waals surface area contributed by atoms with E-state index in [0.717, 1.165) is 16.5 Å². The van der Waals surface area contributed by atoms with E-state index >= 15 is 0 Å². The van der Waals surface area contributed by atoms with Crippen LogP contribution in [0, 0.1) is 5.82 Å². The number of rotatable bonds is 5. The number of nitrogens with zero attached hydrogens (tertiary/aromatic N) is 1. The molecule has 1 unspecified atom stereocenters. The van der Waals surface area contributed by atoms with E-state index < -0.39 is 6.04 Å². The Hall–Kier alpha value is -3.21. The lowest BCUT2D eigenvalue weighted by molar-refractivity contribution is -0.121. The molecule has 3 aromatic carbocycles. The quantitative estimate of drug-likeness (QED) is 0.548. The smallest absolute Gasteiger partial charge is 0.262 e. The molecular weight excluding hydrogens is 317 g/mol. The molecule has 2 N–H and O–H groups in total. The molecule has 0 heterocycles. The summed E-state index contributed by atoms with van der Waals surface area (Å²) in [6.45, 7) is 1.75. The normalized spacial score (nSPS) is 12.2. The Labute approximate surface area is 145 Å². The minimum absolute atomic E-state index is 0.305. The number of hydrogen-bond acceptors (Lipinski definition) is 3. The van der Waals surface area contributed by atoms with Gasteiger partial charge in [0.25, 0.3) is 5.91 Å². The van der Waals surface area contributed by atoms with Crippen molar-refractivity contribution in [1.29, 1.82) is 0 Å². The van der Waals surface area contributed by atoms with Crippen LogP contribution in [-0.4, -0.2) is 18.2 Å². The highest BCUT2D eigenvalue weighted by molar-refractivity contribution is 5.96. The van der Waals surface area contributed by atoms with E-state index in [4.69, 9.17) is 0 Å². The van der Waals surface area contributed by atoms with Gasteiger partial charge in [-0.3, -0.25) is 4.79 Å². The highest BCUT2D eigenvalue weighted by atomic mass is 19.1. The fraction of sp³-hybridized carbons (Fsp3) is 0.100. The number of benzene rings is 3. The van der Waals surface area contributed by atoms with Crippen LogP contribution in [0.15, 0.2) is 71.8 Å². The van der Waals surface area contributed by atoms with Gasteiger partial charge in [0, 0.05) is 16.6 Å². The molecule has 0 saturated carbocycles. The van der Waals surface area contributed by atoms with Gasteiger partial charge in [-0.1, -0.05) is 54.6 Å². The van der Waals surface area contributed by atoms with Crippen LogP contribution >= 0.6 is 0 Å². The summed E-state index contributed by atoms with van der Waals surface area (Å²) in [6.07, 6.45) is 1.29. The van der Waals surface area contributed by atoms with Gasteiger partial charge in [-0.15, -0.1) is 0 Å². The number of hydrazone groups is 1. The van der Waals surface area contributed by atoms with E-state index in [9.17, 15) is 9.18 Å². The van der Waals surface area contributed by atoms with Crippen molar-refractivity contribution in [3.63, 3.8) is 0 Å². The van der Waals surface area contributed by atoms with Crippen molar-refractivity contribution in [1.82, 2.24) is 5.43 Å². The van der Waals surface area contributed by atoms with Crippen LogP contribution in [0.4, 0.5) is 10.1 Å². The van der Waals surface area contributed by atoms with Crippen molar-refractivity contribution < 1.29 is 9.18 Å². The van der Waals surface area contributed by atoms with Gasteiger partial charge >= 0.3 is 0 Å². The summed E-state index contributed by atoms with van der Waals surface area (Å²) in [5, 5.41) is 9.14. The average Bonchev–Trinajstić information content (AvgIpc) is 2.63. The number of carbonyl (C=O) groups is 1. The summed E-state index contributed by atoms with van der Waals surface area (Å²) >= 11 is 0. The summed E-state index contributed by atoms with van der Waals surface area (Å²) in [5.74, 6) is -0.692. The van der Waals surface area contributed by atoms with Crippen LogP contribution in [0.1, 0.15) is 12.5 Å². The predicted molar refractivity (Wildman–Crippen MR) is 99.2 cm³/mol. The number of nitrogens with one attached hydrogen (secondary N) is 2. The third kappa shape index (κ3) is 4.01. The fourth-order valence-corrected chi connectivity index (χ4v) is 2.49. The van der Waals surface area contributed by atoms with Crippen LogP contribution < -0.4 is 10.7 Å². The molecule has 1 amide bonds. The topological polar surface area (TPSA) is 53.5 Å². The van der Waals surface area contributed by atoms with Crippen molar-refractivity contribution in [2.45, 2.75) is 13.0 Å². The lowest BCUT2D eigenvalue weighted by atomic mass is 10.1. The molecule has 25 heavy (non-hydrogen) atoms. The van der Waals surface area contributed by atoms with Gasteiger partial charge in [-0.2, -0.15) is 5.10 Å². The van der Waals surface area contributed by atoms with E-state index in [1.807, 2.05) is 42.5 Å². The van der Waals surface area contributed by atoms with Crippen molar-refractivity contribution >= 4 is 28.6 Å². The molecule has 0 fully saturated rings. The zero-order valence-corrected chi connectivity index (χ0v) is 13.7. The standard InChI is InChI=1S/C20H18FN3O/c1-14(20(25)24-22-13-16-8-3-5-11-18(16)21)23-19-12-6-9-15-7-2-4-10-17(15)19/h2-14,23H,1H3,(H,24,25)/b22-13+. The highest BCUT2D eigenvalue weighted by Crippen LogP contribution is 2.23. The van der Waals surface area contributed by atoms with E-state index in [-0.39, 0.29) is 11.7 Å². The van der Waals surface area contributed by atoms with Gasteiger partial charge in [0.2, 0.25) is 0 Å². The van der Waals surface area contributed by atoms with Crippen LogP contribution in [0.5, 0.6) is 0 Å². The fourth-order valence-electron chi connectivity index (χ4n) is 2.49. The second kappa shape index (κ2) is 7.57. The summed E-state index contributed by atoms with van der Waals surface area (Å²) in [4.78, 5) is 12.2. The molecule has 0 aromatic heterocycles. The molecular formula is C20H18FN3O. The first-order chi connectivity index (χ1) is 12.1. The lowest BCUT2D eigenvalue weighted by Crippen LogP contribution is -2.35. The number of halogens is 1. The number of carbonyl (C=O) groups excluding carboxylic acids is 1. The predicted octanol–water partition coefficient (Wildman–Crippen LogP) is 3.93. The van der Waals surface area contributed by atoms with Gasteiger partial charge in [-0.05, 0) is 24.4 Å². The molecule has 0 saturated heterocycles. The second-order valence-corrected chi connectivity index (χ2v) is 5.65. The maximum Gasteiger partial charge on any atom is 0.262 e. The summed E-state index contributed by atoms with van der Waals surface area (Å²) < 4.78 is 13.5. The Morgan fingerprint density at radius 1 is 1.04 bits per heavy atom. The molecule has 4 nitrogen and oxygen atoms in total. The molecule has 5 heteroatoms. The molecule has 0 spiro atoms. The maximum absolute atomic E-state index is 13.5. The highest BCUT2D eigenvalue weighted by Gasteiger charge is 2.13. The van der Waals surface area contributed by atoms with Crippen LogP contribution in [0.25, 0.3) is 10.8 Å². The number of anilines is 1. The largest absolute Gasteiger partial charge is 0.373 e. The van der Waals surface area contributed by atoms with Gasteiger partial charge in [-0.25, -0.2) is 9.82 Å². The number of hydrogen-bond donors (Lipinski definition) is 2. The molecule has 3 rings (SSSR count). The molecule has 0 bridgehead atoms. The third-order valence-corrected chi connectivity index (χ3v) is 3.84. The average molecular weight is 335 g/mol. The monoisotopic (exact) mass is 335 g/mol. The van der Waals surface area contributed by atoms with Crippen molar-refractivity contribution in [3.8, 4) is 0 Å². The van der Waals surface area contributed by atoms with Gasteiger partial charge in [0.05, 0.1) is 6.21 Å². The zero-order chi connectivity index (χ0) is 17.6. The number of fused-ring (bicyclic) bond motifs is 1. The Kier molecular flexibility index (Phi) is 5.04. The number of amides is 1. The van der Waals surface area contributed by atoms with Gasteiger partial charge < -0.3 is 5.32 Å². The Balaban J connectivity index is 1.65. The molecule has 3 aromatic rings. The van der Waals surface area contributed by atoms with E-state index in [1.165, 1.54) is 12.3 Å². The zero-order valence-electron chi connectivity index (χ0n) is 13.7. The molecule has 0 radical (unpaired) electrons. The first-order valence-corrected chi connectivity index (χ1v) is 7.97. The van der Waals surface area contributed by atoms with Gasteiger partial charge in [0.15, 0.2) is 0 Å². The first-order valence-electron chi connectivity index (χ1n) is 7.97. The van der Waals surface area contributed by atoms with E-state index in [1.54, 1.807) is 25.1 Å². The molecule has 0 aliphatic heterocycles. The summed E-state index contributed by atoms with van der Waals surface area (Å²) in [6, 6.07) is 19.6. The SMILES string of the molecule is CC(Nc1cccc2ccccc12)C(=O)N/N=C/c1ccccc1F. The van der Waals surface area contributed by atoms with Crippen LogP contribution in [0.3, 0.4) is 0 Å². The Morgan fingerprint density at radius 3 is 2.60 bits per heavy atom. The Morgan fingerprint density at radius 2 is 1.76 bits per heavy atom. The van der Waals surface area contributed by atoms with Crippen LogP contribution in [0.2, 0.25) is 0 Å². The van der Waals surface area contributed by atoms with Crippen molar-refractivity contribution in [2.24, 2.45) is 5.10 Å².